The Labute approximate surface area is 121 Å². The summed E-state index contributed by atoms with van der Waals surface area (Å²) < 4.78 is 0. The highest BCUT2D eigenvalue weighted by Gasteiger charge is 2.07. The number of nitrogens with zero attached hydrogens (tertiary/aromatic N) is 1. The number of rotatable bonds is 3. The van der Waals surface area contributed by atoms with Gasteiger partial charge in [0.15, 0.2) is 5.75 Å². The fourth-order valence-corrected chi connectivity index (χ4v) is 2.14. The number of phenolic OH excluding ortho intramolecular Hbond substituents is 1. The number of anilines is 1. The molecule has 3 nitrogen and oxygen atoms in total. The molecular formula is C14H10Cl2N2O. The number of halogens is 2. The van der Waals surface area contributed by atoms with Crippen LogP contribution < -0.4 is 5.32 Å². The summed E-state index contributed by atoms with van der Waals surface area (Å²) in [5.74, 6) is -0.133. The molecule has 0 spiro atoms. The molecule has 0 atom stereocenters. The van der Waals surface area contributed by atoms with Crippen LogP contribution in [0.15, 0.2) is 36.4 Å². The highest BCUT2D eigenvalue weighted by molar-refractivity contribution is 6.37. The fraction of sp³-hybridized carbons (Fsp3) is 0.0714. The molecule has 2 aromatic rings. The van der Waals surface area contributed by atoms with Crippen molar-refractivity contribution in [1.29, 1.82) is 5.26 Å². The number of benzene rings is 2. The van der Waals surface area contributed by atoms with Crippen LogP contribution in [0.1, 0.15) is 11.1 Å². The standard InChI is InChI=1S/C14H10Cl2N2O/c15-12-5-11(6-13(16)14(12)19)18-8-10-4-2-1-3-9(10)7-17/h1-6,18-19H,8H2. The summed E-state index contributed by atoms with van der Waals surface area (Å²) in [7, 11) is 0. The third kappa shape index (κ3) is 3.11. The Morgan fingerprint density at radius 3 is 2.42 bits per heavy atom. The van der Waals surface area contributed by atoms with Gasteiger partial charge in [0.2, 0.25) is 0 Å². The maximum absolute atomic E-state index is 9.46. The zero-order valence-electron chi connectivity index (χ0n) is 9.82. The maximum atomic E-state index is 9.46. The third-order valence-electron chi connectivity index (χ3n) is 2.64. The van der Waals surface area contributed by atoms with E-state index >= 15 is 0 Å². The number of aromatic hydroxyl groups is 1. The molecular weight excluding hydrogens is 283 g/mol. The molecule has 19 heavy (non-hydrogen) atoms. The molecule has 0 bridgehead atoms. The summed E-state index contributed by atoms with van der Waals surface area (Å²) >= 11 is 11.7. The summed E-state index contributed by atoms with van der Waals surface area (Å²) in [4.78, 5) is 0. The van der Waals surface area contributed by atoms with Gasteiger partial charge in [-0.1, -0.05) is 41.4 Å². The van der Waals surface area contributed by atoms with Crippen LogP contribution in [0.4, 0.5) is 5.69 Å². The summed E-state index contributed by atoms with van der Waals surface area (Å²) in [5.41, 5.74) is 2.18. The molecule has 2 rings (SSSR count). The number of hydrogen-bond donors (Lipinski definition) is 2. The lowest BCUT2D eigenvalue weighted by molar-refractivity contribution is 0.476. The normalized spacial score (nSPS) is 9.95. The van der Waals surface area contributed by atoms with Gasteiger partial charge >= 0.3 is 0 Å². The first-order chi connectivity index (χ1) is 9.11. The minimum atomic E-state index is -0.133. The van der Waals surface area contributed by atoms with Crippen LogP contribution in [0.5, 0.6) is 5.75 Å². The van der Waals surface area contributed by atoms with Crippen LogP contribution in [-0.4, -0.2) is 5.11 Å². The lowest BCUT2D eigenvalue weighted by Crippen LogP contribution is -2.01. The largest absolute Gasteiger partial charge is 0.505 e. The van der Waals surface area contributed by atoms with E-state index in [1.807, 2.05) is 18.2 Å². The molecule has 96 valence electrons. The van der Waals surface area contributed by atoms with E-state index in [1.54, 1.807) is 18.2 Å². The number of nitriles is 1. The van der Waals surface area contributed by atoms with Crippen molar-refractivity contribution in [3.63, 3.8) is 0 Å². The minimum Gasteiger partial charge on any atom is -0.505 e. The smallest absolute Gasteiger partial charge is 0.152 e. The topological polar surface area (TPSA) is 56.0 Å². The predicted molar refractivity (Wildman–Crippen MR) is 76.6 cm³/mol. The van der Waals surface area contributed by atoms with Gasteiger partial charge in [0.1, 0.15) is 0 Å². The van der Waals surface area contributed by atoms with E-state index < -0.39 is 0 Å². The molecule has 0 aliphatic rings. The quantitative estimate of drug-likeness (QED) is 0.834. The van der Waals surface area contributed by atoms with Crippen molar-refractivity contribution < 1.29 is 5.11 Å². The first-order valence-corrected chi connectivity index (χ1v) is 6.27. The average molecular weight is 293 g/mol. The van der Waals surface area contributed by atoms with Crippen LogP contribution in [0.3, 0.4) is 0 Å². The molecule has 0 heterocycles. The zero-order valence-corrected chi connectivity index (χ0v) is 11.3. The van der Waals surface area contributed by atoms with E-state index in [1.165, 1.54) is 0 Å². The lowest BCUT2D eigenvalue weighted by atomic mass is 10.1. The second-order valence-corrected chi connectivity index (χ2v) is 4.73. The van der Waals surface area contributed by atoms with Crippen molar-refractivity contribution in [2.24, 2.45) is 0 Å². The fourth-order valence-electron chi connectivity index (χ4n) is 1.65. The van der Waals surface area contributed by atoms with Gasteiger partial charge in [-0.25, -0.2) is 0 Å². The molecule has 5 heteroatoms. The summed E-state index contributed by atoms with van der Waals surface area (Å²) in [6.45, 7) is 0.473. The van der Waals surface area contributed by atoms with Gasteiger partial charge in [-0.05, 0) is 23.8 Å². The van der Waals surface area contributed by atoms with E-state index in [0.29, 0.717) is 17.8 Å². The monoisotopic (exact) mass is 292 g/mol. The Kier molecular flexibility index (Phi) is 4.16. The van der Waals surface area contributed by atoms with Crippen molar-refractivity contribution in [2.45, 2.75) is 6.54 Å². The minimum absolute atomic E-state index is 0.133. The van der Waals surface area contributed by atoms with Crippen molar-refractivity contribution in [3.05, 3.63) is 57.6 Å². The molecule has 0 saturated heterocycles. The van der Waals surface area contributed by atoms with Gasteiger partial charge in [-0.3, -0.25) is 0 Å². The molecule has 0 aromatic heterocycles. The van der Waals surface area contributed by atoms with Gasteiger partial charge in [0, 0.05) is 12.2 Å². The summed E-state index contributed by atoms with van der Waals surface area (Å²) in [6.07, 6.45) is 0. The highest BCUT2D eigenvalue weighted by atomic mass is 35.5. The second-order valence-electron chi connectivity index (χ2n) is 3.91. The predicted octanol–water partition coefficient (Wildman–Crippen LogP) is 4.18. The van der Waals surface area contributed by atoms with Gasteiger partial charge in [0.05, 0.1) is 21.7 Å². The van der Waals surface area contributed by atoms with E-state index in [-0.39, 0.29) is 15.8 Å². The Morgan fingerprint density at radius 2 is 1.79 bits per heavy atom. The molecule has 2 aromatic carbocycles. The first-order valence-electron chi connectivity index (χ1n) is 5.51. The zero-order chi connectivity index (χ0) is 13.8. The van der Waals surface area contributed by atoms with Crippen LogP contribution in [-0.2, 0) is 6.54 Å². The lowest BCUT2D eigenvalue weighted by Gasteiger charge is -2.09. The van der Waals surface area contributed by atoms with Crippen LogP contribution in [0.2, 0.25) is 10.0 Å². The van der Waals surface area contributed by atoms with Crippen molar-refractivity contribution in [2.75, 3.05) is 5.32 Å². The molecule has 0 unspecified atom stereocenters. The van der Waals surface area contributed by atoms with Crippen LogP contribution in [0.25, 0.3) is 0 Å². The third-order valence-corrected chi connectivity index (χ3v) is 3.21. The Hall–Kier alpha value is -1.89. The van der Waals surface area contributed by atoms with E-state index in [2.05, 4.69) is 11.4 Å². The molecule has 0 amide bonds. The number of nitrogens with one attached hydrogen (secondary N) is 1. The van der Waals surface area contributed by atoms with Gasteiger partial charge in [-0.2, -0.15) is 5.26 Å². The molecule has 0 radical (unpaired) electrons. The molecule has 2 N–H and O–H groups in total. The van der Waals surface area contributed by atoms with Gasteiger partial charge in [0.25, 0.3) is 0 Å². The van der Waals surface area contributed by atoms with Crippen molar-refractivity contribution >= 4 is 28.9 Å². The van der Waals surface area contributed by atoms with Gasteiger partial charge < -0.3 is 10.4 Å². The van der Waals surface area contributed by atoms with Crippen molar-refractivity contribution in [3.8, 4) is 11.8 Å². The number of hydrogen-bond acceptors (Lipinski definition) is 3. The van der Waals surface area contributed by atoms with Crippen molar-refractivity contribution in [1.82, 2.24) is 0 Å². The average Bonchev–Trinajstić information content (AvgIpc) is 2.42. The Balaban J connectivity index is 2.17. The first kappa shape index (κ1) is 13.5. The number of phenols is 1. The van der Waals surface area contributed by atoms with E-state index in [4.69, 9.17) is 28.5 Å². The van der Waals surface area contributed by atoms with Gasteiger partial charge in [-0.15, -0.1) is 0 Å². The maximum Gasteiger partial charge on any atom is 0.152 e. The van der Waals surface area contributed by atoms with E-state index in [0.717, 1.165) is 5.56 Å². The Bertz CT molecular complexity index is 627. The summed E-state index contributed by atoms with van der Waals surface area (Å²) in [6, 6.07) is 12.6. The van der Waals surface area contributed by atoms with E-state index in [9.17, 15) is 5.11 Å². The van der Waals surface area contributed by atoms with Crippen LogP contribution in [0, 0.1) is 11.3 Å². The second kappa shape index (κ2) is 5.83. The highest BCUT2D eigenvalue weighted by Crippen LogP contribution is 2.34. The van der Waals surface area contributed by atoms with Crippen LogP contribution >= 0.6 is 23.2 Å². The Morgan fingerprint density at radius 1 is 1.16 bits per heavy atom. The molecule has 0 aliphatic heterocycles. The molecule has 0 fully saturated rings. The molecule has 0 saturated carbocycles. The molecule has 0 aliphatic carbocycles. The summed E-state index contributed by atoms with van der Waals surface area (Å²) in [5, 5.41) is 21.9. The SMILES string of the molecule is N#Cc1ccccc1CNc1cc(Cl)c(O)c(Cl)c1.